The molecule has 0 spiro atoms. The molecule has 1 aliphatic heterocycles. The number of carbonyl (C=O) groups excluding carboxylic acids is 1. The maximum atomic E-state index is 13.9. The van der Waals surface area contributed by atoms with Gasteiger partial charge in [0, 0.05) is 16.7 Å². The van der Waals surface area contributed by atoms with E-state index >= 15 is 0 Å². The van der Waals surface area contributed by atoms with Gasteiger partial charge in [0.25, 0.3) is 0 Å². The van der Waals surface area contributed by atoms with Gasteiger partial charge in [-0.2, -0.15) is 13.2 Å². The van der Waals surface area contributed by atoms with Crippen LogP contribution >= 0.6 is 10.3 Å². The number of carbonyl (C=O) groups is 1. The lowest BCUT2D eigenvalue weighted by molar-refractivity contribution is -0.132. The zero-order valence-corrected chi connectivity index (χ0v) is 11.8. The zero-order chi connectivity index (χ0) is 15.3. The van der Waals surface area contributed by atoms with E-state index in [2.05, 4.69) is 0 Å². The van der Waals surface area contributed by atoms with Crippen LogP contribution in [0.2, 0.25) is 0 Å². The first-order valence-electron chi connectivity index (χ1n) is 6.15. The predicted octanol–water partition coefficient (Wildman–Crippen LogP) is 4.70. The fourth-order valence-corrected chi connectivity index (χ4v) is 5.22. The van der Waals surface area contributed by atoms with Crippen molar-refractivity contribution in [1.29, 1.82) is 0 Å². The van der Waals surface area contributed by atoms with Crippen LogP contribution in [0.4, 0.5) is 13.2 Å². The molecule has 0 saturated heterocycles. The highest BCUT2D eigenvalue weighted by Gasteiger charge is 2.60. The molecule has 1 heterocycles. The summed E-state index contributed by atoms with van der Waals surface area (Å²) in [5.74, 6) is -0.936. The second-order valence-electron chi connectivity index (χ2n) is 4.60. The Balaban J connectivity index is 2.27. The summed E-state index contributed by atoms with van der Waals surface area (Å²) in [7, 11) is -3.84. The van der Waals surface area contributed by atoms with Crippen molar-refractivity contribution in [2.45, 2.75) is 17.3 Å². The van der Waals surface area contributed by atoms with Gasteiger partial charge in [-0.05, 0) is 23.3 Å². The third-order valence-corrected chi connectivity index (χ3v) is 6.33. The van der Waals surface area contributed by atoms with Crippen LogP contribution < -0.4 is 0 Å². The summed E-state index contributed by atoms with van der Waals surface area (Å²) in [6, 6.07) is 6.17. The Morgan fingerprint density at radius 1 is 1.24 bits per heavy atom. The maximum Gasteiger partial charge on any atom is 0.465 e. The molecule has 21 heavy (non-hydrogen) atoms. The second kappa shape index (κ2) is 4.53. The van der Waals surface area contributed by atoms with Crippen molar-refractivity contribution in [2.75, 3.05) is 0 Å². The van der Waals surface area contributed by atoms with Crippen molar-refractivity contribution < 1.29 is 22.1 Å². The molecule has 3 rings (SSSR count). The molecule has 0 amide bonds. The Hall–Kier alpha value is -1.95. The molecule has 1 unspecified atom stereocenters. The predicted molar refractivity (Wildman–Crippen MR) is 75.3 cm³/mol. The molecule has 1 aromatic rings. The van der Waals surface area contributed by atoms with Crippen molar-refractivity contribution in [3.8, 4) is 0 Å². The van der Waals surface area contributed by atoms with E-state index < -0.39 is 21.8 Å². The Morgan fingerprint density at radius 2 is 1.90 bits per heavy atom. The number of rotatable bonds is 2. The minimum Gasteiger partial charge on any atom is -0.398 e. The molecule has 1 aliphatic carbocycles. The van der Waals surface area contributed by atoms with Gasteiger partial charge in [0.15, 0.2) is 0 Å². The van der Waals surface area contributed by atoms with Gasteiger partial charge < -0.3 is 4.18 Å². The van der Waals surface area contributed by atoms with Crippen LogP contribution in [0.3, 0.4) is 0 Å². The number of fused-ring (bicyclic) bond motifs is 1. The Bertz CT molecular complexity index is 716. The van der Waals surface area contributed by atoms with Gasteiger partial charge in [0.05, 0.1) is 10.3 Å². The first-order chi connectivity index (χ1) is 9.86. The first-order valence-corrected chi connectivity index (χ1v) is 7.71. The molecule has 6 heteroatoms. The molecule has 0 radical (unpaired) electrons. The lowest BCUT2D eigenvalue weighted by Crippen LogP contribution is -2.26. The average molecular weight is 312 g/mol. The van der Waals surface area contributed by atoms with Crippen LogP contribution in [0.1, 0.15) is 12.5 Å². The molecule has 0 bridgehead atoms. The van der Waals surface area contributed by atoms with Gasteiger partial charge >= 0.3 is 11.5 Å². The van der Waals surface area contributed by atoms with Gasteiger partial charge in [0.1, 0.15) is 0 Å². The first kappa shape index (κ1) is 14.0. The van der Waals surface area contributed by atoms with E-state index in [9.17, 15) is 18.0 Å². The fraction of sp³-hybridized carbons (Fsp3) is 0.133. The quantitative estimate of drug-likeness (QED) is 0.791. The molecule has 0 fully saturated rings. The number of hydrogen-bond donors (Lipinski definition) is 0. The van der Waals surface area contributed by atoms with Crippen LogP contribution in [0, 0.1) is 0 Å². The van der Waals surface area contributed by atoms with E-state index in [-0.39, 0.29) is 9.80 Å². The minimum atomic E-state index is -4.67. The molecular formula is C15H11F3O2S. The van der Waals surface area contributed by atoms with Crippen LogP contribution in [0.25, 0.3) is 6.08 Å². The van der Waals surface area contributed by atoms with E-state index in [4.69, 9.17) is 4.18 Å². The number of hydrogen-bond acceptors (Lipinski definition) is 2. The van der Waals surface area contributed by atoms with Crippen LogP contribution in [-0.4, -0.2) is 11.5 Å². The van der Waals surface area contributed by atoms with E-state index in [1.165, 1.54) is 18.2 Å². The monoisotopic (exact) mass is 312 g/mol. The normalized spacial score (nSPS) is 26.1. The van der Waals surface area contributed by atoms with Crippen molar-refractivity contribution >= 4 is 22.4 Å². The molecule has 0 N–H and O–H groups in total. The lowest BCUT2D eigenvalue weighted by Gasteiger charge is -2.40. The Labute approximate surface area is 121 Å². The number of alkyl halides is 3. The standard InChI is InChI=1S/C15H11F3O2S/c1-10(19)20-21(15(16,17)18)13-8-3-2-5-12(13)9-14(21)11-6-4-7-11/h2-9H,1H3. The minimum absolute atomic E-state index is 0.0314. The Morgan fingerprint density at radius 3 is 2.43 bits per heavy atom. The average Bonchev–Trinajstić information content (AvgIpc) is 2.62. The molecule has 2 nitrogen and oxygen atoms in total. The summed E-state index contributed by atoms with van der Waals surface area (Å²) in [6.07, 6.45) is 6.31. The highest BCUT2D eigenvalue weighted by molar-refractivity contribution is 8.34. The maximum absolute atomic E-state index is 13.9. The van der Waals surface area contributed by atoms with Gasteiger partial charge in [-0.3, -0.25) is 4.79 Å². The number of halogens is 3. The van der Waals surface area contributed by atoms with Crippen molar-refractivity contribution in [3.05, 3.63) is 58.5 Å². The second-order valence-corrected chi connectivity index (χ2v) is 7.23. The smallest absolute Gasteiger partial charge is 0.398 e. The van der Waals surface area contributed by atoms with Gasteiger partial charge in [-0.1, -0.05) is 36.4 Å². The van der Waals surface area contributed by atoms with E-state index in [0.29, 0.717) is 11.1 Å². The summed E-state index contributed by atoms with van der Waals surface area (Å²) in [5, 5.41) is 0. The fourth-order valence-electron chi connectivity index (χ4n) is 2.37. The summed E-state index contributed by atoms with van der Waals surface area (Å²) in [6.45, 7) is 1.00. The zero-order valence-electron chi connectivity index (χ0n) is 11.0. The molecular weight excluding hydrogens is 301 g/mol. The molecule has 1 aromatic carbocycles. The highest BCUT2D eigenvalue weighted by atomic mass is 32.3. The van der Waals surface area contributed by atoms with Crippen LogP contribution in [-0.2, 0) is 8.98 Å². The van der Waals surface area contributed by atoms with E-state index in [0.717, 1.165) is 6.92 Å². The Kier molecular flexibility index (Phi) is 3.02. The highest BCUT2D eigenvalue weighted by Crippen LogP contribution is 2.78. The summed E-state index contributed by atoms with van der Waals surface area (Å²) in [5.41, 5.74) is -3.76. The van der Waals surface area contributed by atoms with Gasteiger partial charge in [0.2, 0.25) is 0 Å². The molecule has 0 aromatic heterocycles. The summed E-state index contributed by atoms with van der Waals surface area (Å²) < 4.78 is 46.6. The summed E-state index contributed by atoms with van der Waals surface area (Å²) >= 11 is 0. The largest absolute Gasteiger partial charge is 0.465 e. The van der Waals surface area contributed by atoms with Crippen LogP contribution in [0.15, 0.2) is 57.9 Å². The topological polar surface area (TPSA) is 26.3 Å². The number of allylic oxidation sites excluding steroid dienone is 4. The van der Waals surface area contributed by atoms with Crippen LogP contribution in [0.5, 0.6) is 0 Å². The van der Waals surface area contributed by atoms with Gasteiger partial charge in [-0.25, -0.2) is 0 Å². The van der Waals surface area contributed by atoms with E-state index in [1.807, 2.05) is 0 Å². The molecule has 2 aliphatic rings. The summed E-state index contributed by atoms with van der Waals surface area (Å²) in [4.78, 5) is 11.4. The third kappa shape index (κ3) is 1.93. The van der Waals surface area contributed by atoms with Gasteiger partial charge in [-0.15, -0.1) is 0 Å². The number of benzene rings is 1. The van der Waals surface area contributed by atoms with Crippen molar-refractivity contribution in [2.24, 2.45) is 0 Å². The molecule has 0 saturated carbocycles. The van der Waals surface area contributed by atoms with Crippen molar-refractivity contribution in [1.82, 2.24) is 0 Å². The third-order valence-electron chi connectivity index (χ3n) is 3.23. The SMILES string of the molecule is CC(=O)OS1(C(F)(F)F)C(C2=CC=C2)=Cc2ccccc21. The van der Waals surface area contributed by atoms with E-state index in [1.54, 1.807) is 30.4 Å². The molecule has 110 valence electrons. The lowest BCUT2D eigenvalue weighted by atomic mass is 10.1. The van der Waals surface area contributed by atoms with Crippen molar-refractivity contribution in [3.63, 3.8) is 0 Å². The molecule has 1 atom stereocenters.